The van der Waals surface area contributed by atoms with Crippen molar-refractivity contribution >= 4 is 0 Å². The first-order valence-electron chi connectivity index (χ1n) is 7.46. The lowest BCUT2D eigenvalue weighted by Gasteiger charge is -2.38. The van der Waals surface area contributed by atoms with E-state index in [-0.39, 0.29) is 17.6 Å². The van der Waals surface area contributed by atoms with Crippen LogP contribution in [0.5, 0.6) is 5.75 Å². The summed E-state index contributed by atoms with van der Waals surface area (Å²) < 4.78 is 18.6. The molecular formula is C16H26FN3O. The van der Waals surface area contributed by atoms with Crippen LogP contribution >= 0.6 is 0 Å². The van der Waals surface area contributed by atoms with Gasteiger partial charge in [-0.05, 0) is 44.6 Å². The molecule has 0 saturated carbocycles. The highest BCUT2D eigenvalue weighted by molar-refractivity contribution is 5.29. The zero-order valence-corrected chi connectivity index (χ0v) is 13.2. The number of benzene rings is 1. The van der Waals surface area contributed by atoms with Gasteiger partial charge in [0.05, 0.1) is 7.11 Å². The summed E-state index contributed by atoms with van der Waals surface area (Å²) in [5, 5.41) is 0. The first kappa shape index (κ1) is 16.2. The highest BCUT2D eigenvalue weighted by atomic mass is 19.1. The van der Waals surface area contributed by atoms with Crippen LogP contribution in [0.3, 0.4) is 0 Å². The number of hydrogen-bond acceptors (Lipinski definition) is 4. The van der Waals surface area contributed by atoms with Gasteiger partial charge in [-0.2, -0.15) is 0 Å². The average Bonchev–Trinajstić information content (AvgIpc) is 2.43. The van der Waals surface area contributed by atoms with Crippen LogP contribution < -0.4 is 10.5 Å². The van der Waals surface area contributed by atoms with Crippen molar-refractivity contribution in [1.29, 1.82) is 0 Å². The quantitative estimate of drug-likeness (QED) is 0.890. The Kier molecular flexibility index (Phi) is 5.56. The molecule has 1 heterocycles. The molecule has 4 nitrogen and oxygen atoms in total. The molecule has 0 amide bonds. The maximum atomic E-state index is 13.7. The summed E-state index contributed by atoms with van der Waals surface area (Å²) in [7, 11) is 5.76. The van der Waals surface area contributed by atoms with E-state index in [1.54, 1.807) is 6.07 Å². The van der Waals surface area contributed by atoms with Crippen LogP contribution in [-0.4, -0.2) is 62.7 Å². The number of piperazine rings is 1. The van der Waals surface area contributed by atoms with Crippen molar-refractivity contribution in [3.63, 3.8) is 0 Å². The first-order valence-corrected chi connectivity index (χ1v) is 7.46. The van der Waals surface area contributed by atoms with Crippen molar-refractivity contribution in [2.45, 2.75) is 24.9 Å². The molecule has 118 valence electrons. The molecule has 0 aliphatic carbocycles. The summed E-state index contributed by atoms with van der Waals surface area (Å²) in [6.45, 7) is 3.22. The Labute approximate surface area is 126 Å². The van der Waals surface area contributed by atoms with Crippen molar-refractivity contribution in [3.8, 4) is 5.75 Å². The Morgan fingerprint density at radius 2 is 2.14 bits per heavy atom. The summed E-state index contributed by atoms with van der Waals surface area (Å²) in [5.41, 5.74) is 7.19. The zero-order chi connectivity index (χ0) is 15.4. The Morgan fingerprint density at radius 1 is 1.38 bits per heavy atom. The van der Waals surface area contributed by atoms with Crippen LogP contribution in [0.15, 0.2) is 18.2 Å². The van der Waals surface area contributed by atoms with E-state index in [0.29, 0.717) is 12.5 Å². The molecule has 2 rings (SSSR count). The minimum absolute atomic E-state index is 0.0387. The van der Waals surface area contributed by atoms with E-state index in [0.717, 1.165) is 31.6 Å². The molecule has 1 saturated heterocycles. The lowest BCUT2D eigenvalue weighted by atomic mass is 9.98. The summed E-state index contributed by atoms with van der Waals surface area (Å²) in [4.78, 5) is 4.71. The summed E-state index contributed by atoms with van der Waals surface area (Å²) >= 11 is 0. The third kappa shape index (κ3) is 4.40. The van der Waals surface area contributed by atoms with Crippen LogP contribution in [-0.2, 0) is 6.42 Å². The highest BCUT2D eigenvalue weighted by Crippen LogP contribution is 2.19. The molecule has 2 unspecified atom stereocenters. The highest BCUT2D eigenvalue weighted by Gasteiger charge is 2.24. The second kappa shape index (κ2) is 7.20. The predicted octanol–water partition coefficient (Wildman–Crippen LogP) is 1.34. The zero-order valence-electron chi connectivity index (χ0n) is 13.2. The molecule has 1 aliphatic rings. The fourth-order valence-corrected chi connectivity index (χ4v) is 2.93. The summed E-state index contributed by atoms with van der Waals surface area (Å²) in [5.74, 6) is -0.0438. The minimum atomic E-state index is -0.322. The van der Waals surface area contributed by atoms with Crippen molar-refractivity contribution in [1.82, 2.24) is 9.80 Å². The van der Waals surface area contributed by atoms with Gasteiger partial charge >= 0.3 is 0 Å². The molecule has 1 aliphatic heterocycles. The number of ether oxygens (including phenoxy) is 1. The van der Waals surface area contributed by atoms with Crippen LogP contribution in [0.4, 0.5) is 4.39 Å². The number of rotatable bonds is 5. The number of likely N-dealkylation sites (N-methyl/N-ethyl adjacent to an activating group) is 2. The summed E-state index contributed by atoms with van der Waals surface area (Å²) in [6, 6.07) is 5.59. The van der Waals surface area contributed by atoms with Gasteiger partial charge in [-0.15, -0.1) is 0 Å². The monoisotopic (exact) mass is 295 g/mol. The standard InChI is InChI=1S/C16H26FN3O/c1-19-6-7-20(2)14(11-19)10-13(18)8-12-4-5-16(21-3)15(17)9-12/h4-5,9,13-14H,6-8,10-11,18H2,1-3H3. The third-order valence-electron chi connectivity index (χ3n) is 4.27. The van der Waals surface area contributed by atoms with Crippen molar-refractivity contribution in [3.05, 3.63) is 29.6 Å². The molecule has 0 aromatic heterocycles. The van der Waals surface area contributed by atoms with Gasteiger partial charge in [-0.3, -0.25) is 0 Å². The lowest BCUT2D eigenvalue weighted by molar-refractivity contribution is 0.104. The Hall–Kier alpha value is -1.17. The van der Waals surface area contributed by atoms with Crippen LogP contribution in [0.1, 0.15) is 12.0 Å². The topological polar surface area (TPSA) is 41.7 Å². The van der Waals surface area contributed by atoms with E-state index < -0.39 is 0 Å². The Balaban J connectivity index is 1.91. The third-order valence-corrected chi connectivity index (χ3v) is 4.27. The molecule has 0 spiro atoms. The number of nitrogens with zero attached hydrogens (tertiary/aromatic N) is 2. The number of methoxy groups -OCH3 is 1. The summed E-state index contributed by atoms with van der Waals surface area (Å²) in [6.07, 6.45) is 1.61. The van der Waals surface area contributed by atoms with Crippen LogP contribution in [0.2, 0.25) is 0 Å². The van der Waals surface area contributed by atoms with E-state index >= 15 is 0 Å². The average molecular weight is 295 g/mol. The molecule has 2 N–H and O–H groups in total. The molecular weight excluding hydrogens is 269 g/mol. The van der Waals surface area contributed by atoms with Crippen molar-refractivity contribution < 1.29 is 9.13 Å². The van der Waals surface area contributed by atoms with Gasteiger partial charge < -0.3 is 20.3 Å². The second-order valence-corrected chi connectivity index (χ2v) is 6.07. The maximum absolute atomic E-state index is 13.7. The minimum Gasteiger partial charge on any atom is -0.494 e. The number of halogens is 1. The predicted molar refractivity (Wildman–Crippen MR) is 83.2 cm³/mol. The molecule has 5 heteroatoms. The van der Waals surface area contributed by atoms with Crippen molar-refractivity contribution in [2.75, 3.05) is 40.8 Å². The maximum Gasteiger partial charge on any atom is 0.165 e. The van der Waals surface area contributed by atoms with Crippen LogP contribution in [0, 0.1) is 5.82 Å². The Morgan fingerprint density at radius 3 is 2.81 bits per heavy atom. The first-order chi connectivity index (χ1) is 9.99. The second-order valence-electron chi connectivity index (χ2n) is 6.07. The largest absolute Gasteiger partial charge is 0.494 e. The van der Waals surface area contributed by atoms with E-state index in [1.807, 2.05) is 6.07 Å². The Bertz CT molecular complexity index is 469. The molecule has 0 bridgehead atoms. The SMILES string of the molecule is COc1ccc(CC(N)CC2CN(C)CCN2C)cc1F. The van der Waals surface area contributed by atoms with Gasteiger partial charge in [-0.25, -0.2) is 4.39 Å². The lowest BCUT2D eigenvalue weighted by Crippen LogP contribution is -2.51. The van der Waals surface area contributed by atoms with E-state index in [1.165, 1.54) is 13.2 Å². The fraction of sp³-hybridized carbons (Fsp3) is 0.625. The van der Waals surface area contributed by atoms with Gasteiger partial charge in [0.15, 0.2) is 11.6 Å². The molecule has 21 heavy (non-hydrogen) atoms. The number of nitrogens with two attached hydrogens (primary N) is 1. The van der Waals surface area contributed by atoms with Gasteiger partial charge in [-0.1, -0.05) is 6.07 Å². The number of hydrogen-bond donors (Lipinski definition) is 1. The van der Waals surface area contributed by atoms with Gasteiger partial charge in [0.2, 0.25) is 0 Å². The fourth-order valence-electron chi connectivity index (χ4n) is 2.93. The molecule has 2 atom stereocenters. The van der Waals surface area contributed by atoms with E-state index in [4.69, 9.17) is 10.5 Å². The van der Waals surface area contributed by atoms with Gasteiger partial charge in [0.1, 0.15) is 0 Å². The molecule has 1 fully saturated rings. The van der Waals surface area contributed by atoms with E-state index in [9.17, 15) is 4.39 Å². The van der Waals surface area contributed by atoms with Gasteiger partial charge in [0, 0.05) is 31.7 Å². The molecule has 0 radical (unpaired) electrons. The molecule has 1 aromatic carbocycles. The van der Waals surface area contributed by atoms with Crippen molar-refractivity contribution in [2.24, 2.45) is 5.73 Å². The van der Waals surface area contributed by atoms with E-state index in [2.05, 4.69) is 23.9 Å². The molecule has 1 aromatic rings. The van der Waals surface area contributed by atoms with Gasteiger partial charge in [0.25, 0.3) is 0 Å². The normalized spacial score (nSPS) is 22.2. The van der Waals surface area contributed by atoms with Crippen LogP contribution in [0.25, 0.3) is 0 Å². The smallest absolute Gasteiger partial charge is 0.165 e.